The average Bonchev–Trinajstić information content (AvgIpc) is 2.11. The van der Waals surface area contributed by atoms with Crippen molar-refractivity contribution in [2.45, 2.75) is 26.1 Å². The smallest absolute Gasteiger partial charge is 0.290 e. The maximum Gasteiger partial charge on any atom is 0.476 e. The summed E-state index contributed by atoms with van der Waals surface area (Å²) in [5.41, 5.74) is 0. The van der Waals surface area contributed by atoms with Gasteiger partial charge >= 0.3 is 7.82 Å². The molecule has 0 aromatic heterocycles. The largest absolute Gasteiger partial charge is 0.476 e. The molecule has 4 atom stereocenters. The van der Waals surface area contributed by atoms with Crippen molar-refractivity contribution >= 4 is 7.82 Å². The summed E-state index contributed by atoms with van der Waals surface area (Å²) in [5.74, 6) is 2.44. The molecule has 1 rings (SSSR count). The Kier molecular flexibility index (Phi) is 3.15. The quantitative estimate of drug-likeness (QED) is 0.482. The van der Waals surface area contributed by atoms with Crippen LogP contribution in [-0.4, -0.2) is 19.3 Å². The van der Waals surface area contributed by atoms with Crippen LogP contribution in [0.1, 0.15) is 13.8 Å². The first-order valence-corrected chi connectivity index (χ1v) is 5.47. The summed E-state index contributed by atoms with van der Waals surface area (Å²) in [4.78, 5) is 0. The first-order chi connectivity index (χ1) is 6.02. The third-order valence-corrected chi connectivity index (χ3v) is 3.67. The summed E-state index contributed by atoms with van der Waals surface area (Å²) in [6, 6.07) is 0. The van der Waals surface area contributed by atoms with Gasteiger partial charge in [0.1, 0.15) is 6.10 Å². The molecule has 0 amide bonds. The summed E-state index contributed by atoms with van der Waals surface area (Å²) >= 11 is 0. The van der Waals surface area contributed by atoms with Gasteiger partial charge in [-0.3, -0.25) is 13.6 Å². The fourth-order valence-corrected chi connectivity index (χ4v) is 2.43. The molecule has 0 aromatic carbocycles. The molecule has 4 unspecified atom stereocenters. The second-order valence-electron chi connectivity index (χ2n) is 2.99. The van der Waals surface area contributed by atoms with E-state index in [0.717, 1.165) is 0 Å². The van der Waals surface area contributed by atoms with Gasteiger partial charge in [0.25, 0.3) is 0 Å². The molecular weight excluding hydrogens is 191 g/mol. The minimum atomic E-state index is -3.40. The van der Waals surface area contributed by atoms with Crippen molar-refractivity contribution in [3.05, 3.63) is 0 Å². The van der Waals surface area contributed by atoms with Crippen LogP contribution in [0.2, 0.25) is 0 Å². The van der Waals surface area contributed by atoms with Gasteiger partial charge in [-0.05, 0) is 6.92 Å². The van der Waals surface area contributed by atoms with Crippen LogP contribution in [0.5, 0.6) is 0 Å². The molecule has 13 heavy (non-hydrogen) atoms. The lowest BCUT2D eigenvalue weighted by molar-refractivity contribution is -0.0161. The predicted octanol–water partition coefficient (Wildman–Crippen LogP) is 1.81. The summed E-state index contributed by atoms with van der Waals surface area (Å²) in [5, 5.41) is 0. The minimum absolute atomic E-state index is 0.0159. The summed E-state index contributed by atoms with van der Waals surface area (Å²) in [6.07, 6.45) is 4.50. The van der Waals surface area contributed by atoms with Crippen LogP contribution >= 0.6 is 7.82 Å². The van der Waals surface area contributed by atoms with Gasteiger partial charge in [-0.1, -0.05) is 12.8 Å². The zero-order chi connectivity index (χ0) is 10.1. The van der Waals surface area contributed by atoms with Crippen molar-refractivity contribution in [2.75, 3.05) is 7.11 Å². The highest BCUT2D eigenvalue weighted by Crippen LogP contribution is 2.55. The van der Waals surface area contributed by atoms with Gasteiger partial charge in [-0.15, -0.1) is 6.42 Å². The highest BCUT2D eigenvalue weighted by molar-refractivity contribution is 7.48. The van der Waals surface area contributed by atoms with E-state index >= 15 is 0 Å². The summed E-state index contributed by atoms with van der Waals surface area (Å²) < 4.78 is 26.3. The molecule has 0 N–H and O–H groups in total. The Morgan fingerprint density at radius 1 is 1.46 bits per heavy atom. The van der Waals surface area contributed by atoms with Crippen LogP contribution in [0.3, 0.4) is 0 Å². The third-order valence-electron chi connectivity index (χ3n) is 2.14. The van der Waals surface area contributed by atoms with Crippen LogP contribution in [0.25, 0.3) is 0 Å². The van der Waals surface area contributed by atoms with Crippen molar-refractivity contribution in [1.29, 1.82) is 0 Å². The average molecular weight is 204 g/mol. The Hall–Kier alpha value is -0.330. The summed E-state index contributed by atoms with van der Waals surface area (Å²) in [7, 11) is -2.13. The molecule has 74 valence electrons. The lowest BCUT2D eigenvalue weighted by Gasteiger charge is -2.34. The minimum Gasteiger partial charge on any atom is -0.290 e. The first kappa shape index (κ1) is 10.7. The van der Waals surface area contributed by atoms with Crippen molar-refractivity contribution in [3.8, 4) is 12.3 Å². The van der Waals surface area contributed by atoms with E-state index in [0.29, 0.717) is 0 Å². The van der Waals surface area contributed by atoms with E-state index in [-0.39, 0.29) is 12.0 Å². The molecule has 0 aromatic rings. The van der Waals surface area contributed by atoms with Gasteiger partial charge in [0.05, 0.1) is 6.10 Å². The van der Waals surface area contributed by atoms with Gasteiger partial charge in [0.15, 0.2) is 0 Å². The molecule has 1 heterocycles. The van der Waals surface area contributed by atoms with E-state index in [4.69, 9.17) is 15.5 Å². The fraction of sp³-hybridized carbons (Fsp3) is 0.750. The third kappa shape index (κ3) is 2.12. The Bertz CT molecular complexity index is 270. The molecule has 1 aliphatic rings. The number of phosphoric acid groups is 1. The second-order valence-corrected chi connectivity index (χ2v) is 4.67. The molecular formula is C8H13O4P. The van der Waals surface area contributed by atoms with Gasteiger partial charge < -0.3 is 0 Å². The number of phosphoric ester groups is 1. The molecule has 1 aliphatic heterocycles. The van der Waals surface area contributed by atoms with E-state index in [1.807, 2.05) is 6.92 Å². The maximum atomic E-state index is 11.6. The Balaban J connectivity index is 2.82. The predicted molar refractivity (Wildman–Crippen MR) is 48.0 cm³/mol. The molecule has 0 spiro atoms. The highest BCUT2D eigenvalue weighted by atomic mass is 31.2. The first-order valence-electron chi connectivity index (χ1n) is 4.01. The number of terminal acetylenes is 1. The van der Waals surface area contributed by atoms with Crippen LogP contribution in [0.15, 0.2) is 0 Å². The number of hydrogen-bond donors (Lipinski definition) is 0. The van der Waals surface area contributed by atoms with Crippen LogP contribution in [0, 0.1) is 18.3 Å². The van der Waals surface area contributed by atoms with Crippen molar-refractivity contribution < 1.29 is 18.1 Å². The standard InChI is InChI=1S/C8H13O4P/c1-5-8-6(2)7(3)11-13(9,10-4)12-8/h1,6-8H,2-4H3. The topological polar surface area (TPSA) is 44.8 Å². The van der Waals surface area contributed by atoms with Crippen molar-refractivity contribution in [3.63, 3.8) is 0 Å². The van der Waals surface area contributed by atoms with Crippen molar-refractivity contribution in [2.24, 2.45) is 5.92 Å². The lowest BCUT2D eigenvalue weighted by atomic mass is 10.0. The maximum absolute atomic E-state index is 11.6. The zero-order valence-electron chi connectivity index (χ0n) is 7.89. The van der Waals surface area contributed by atoms with Crippen molar-refractivity contribution in [1.82, 2.24) is 0 Å². The molecule has 1 saturated heterocycles. The summed E-state index contributed by atoms with van der Waals surface area (Å²) in [6.45, 7) is 3.68. The molecule has 0 bridgehead atoms. The molecule has 0 aliphatic carbocycles. The molecule has 4 nitrogen and oxygen atoms in total. The Morgan fingerprint density at radius 3 is 2.54 bits per heavy atom. The van der Waals surface area contributed by atoms with E-state index in [1.54, 1.807) is 6.92 Å². The van der Waals surface area contributed by atoms with Crippen LogP contribution in [0.4, 0.5) is 0 Å². The SMILES string of the molecule is C#CC1OP(=O)(OC)OC(C)C1C. The lowest BCUT2D eigenvalue weighted by Crippen LogP contribution is -2.35. The van der Waals surface area contributed by atoms with E-state index in [9.17, 15) is 4.57 Å². The van der Waals surface area contributed by atoms with Crippen LogP contribution in [-0.2, 0) is 18.1 Å². The van der Waals surface area contributed by atoms with E-state index in [2.05, 4.69) is 10.4 Å². The number of hydrogen-bond acceptors (Lipinski definition) is 4. The zero-order valence-corrected chi connectivity index (χ0v) is 8.78. The van der Waals surface area contributed by atoms with Gasteiger partial charge in [0, 0.05) is 13.0 Å². The Labute approximate surface area is 78.2 Å². The van der Waals surface area contributed by atoms with Gasteiger partial charge in [-0.2, -0.15) is 0 Å². The monoisotopic (exact) mass is 204 g/mol. The molecule has 1 fully saturated rings. The number of rotatable bonds is 1. The van der Waals surface area contributed by atoms with Gasteiger partial charge in [0.2, 0.25) is 0 Å². The van der Waals surface area contributed by atoms with E-state index < -0.39 is 13.9 Å². The molecule has 0 saturated carbocycles. The molecule has 5 heteroatoms. The fourth-order valence-electron chi connectivity index (χ4n) is 1.07. The normalized spacial score (nSPS) is 45.5. The van der Waals surface area contributed by atoms with Crippen LogP contribution < -0.4 is 0 Å². The second kappa shape index (κ2) is 3.81. The van der Waals surface area contributed by atoms with E-state index in [1.165, 1.54) is 7.11 Å². The van der Waals surface area contributed by atoms with Gasteiger partial charge in [-0.25, -0.2) is 4.57 Å². The Morgan fingerprint density at radius 2 is 2.08 bits per heavy atom. The highest BCUT2D eigenvalue weighted by Gasteiger charge is 2.41. The molecule has 0 radical (unpaired) electrons.